The number of anilines is 1. The van der Waals surface area contributed by atoms with E-state index < -0.39 is 0 Å². The molecule has 4 nitrogen and oxygen atoms in total. The Morgan fingerprint density at radius 1 is 1.35 bits per heavy atom. The second-order valence-electron chi connectivity index (χ2n) is 5.87. The zero-order valence-electron chi connectivity index (χ0n) is 12.3. The van der Waals surface area contributed by atoms with E-state index in [-0.39, 0.29) is 24.0 Å². The van der Waals surface area contributed by atoms with Crippen LogP contribution in [0.5, 0.6) is 0 Å². The standard InChI is InChI=1S/C16H24N2O2/c1-12(2)18(10-3-11-19)15(20)16(8-9-16)13-4-6-14(17)7-5-13/h4-7,12,19H,3,8-11,17H2,1-2H3. The predicted molar refractivity (Wildman–Crippen MR) is 80.3 cm³/mol. The summed E-state index contributed by atoms with van der Waals surface area (Å²) in [7, 11) is 0. The molecule has 1 fully saturated rings. The van der Waals surface area contributed by atoms with Crippen LogP contribution in [0, 0.1) is 0 Å². The van der Waals surface area contributed by atoms with Crippen molar-refractivity contribution >= 4 is 11.6 Å². The van der Waals surface area contributed by atoms with E-state index in [9.17, 15) is 4.79 Å². The molecule has 0 heterocycles. The van der Waals surface area contributed by atoms with Crippen LogP contribution < -0.4 is 5.73 Å². The number of amides is 1. The average molecular weight is 276 g/mol. The maximum Gasteiger partial charge on any atom is 0.233 e. The zero-order valence-corrected chi connectivity index (χ0v) is 12.3. The SMILES string of the molecule is CC(C)N(CCCO)C(=O)C1(c2ccc(N)cc2)CC1. The Hall–Kier alpha value is -1.55. The fourth-order valence-corrected chi connectivity index (χ4v) is 2.66. The first-order valence-corrected chi connectivity index (χ1v) is 7.29. The summed E-state index contributed by atoms with van der Waals surface area (Å²) in [5, 5.41) is 8.99. The van der Waals surface area contributed by atoms with Crippen LogP contribution in [0.4, 0.5) is 5.69 Å². The first kappa shape index (κ1) is 14.9. The topological polar surface area (TPSA) is 66.6 Å². The van der Waals surface area contributed by atoms with E-state index >= 15 is 0 Å². The monoisotopic (exact) mass is 276 g/mol. The Kier molecular flexibility index (Phi) is 4.33. The highest BCUT2D eigenvalue weighted by molar-refractivity contribution is 5.91. The normalized spacial score (nSPS) is 16.2. The van der Waals surface area contributed by atoms with Gasteiger partial charge in [0.2, 0.25) is 5.91 Å². The maximum absolute atomic E-state index is 12.9. The van der Waals surface area contributed by atoms with Gasteiger partial charge in [0.15, 0.2) is 0 Å². The minimum atomic E-state index is -0.354. The third-order valence-corrected chi connectivity index (χ3v) is 4.06. The number of carbonyl (C=O) groups is 1. The quantitative estimate of drug-likeness (QED) is 0.780. The number of nitrogens with two attached hydrogens (primary N) is 1. The summed E-state index contributed by atoms with van der Waals surface area (Å²) < 4.78 is 0. The Bertz CT molecular complexity index is 464. The molecule has 0 unspecified atom stereocenters. The molecular formula is C16H24N2O2. The van der Waals surface area contributed by atoms with Gasteiger partial charge in [-0.05, 0) is 50.8 Å². The predicted octanol–water partition coefficient (Wildman–Crippen LogP) is 1.92. The van der Waals surface area contributed by atoms with Gasteiger partial charge in [0.05, 0.1) is 5.41 Å². The molecule has 1 saturated carbocycles. The summed E-state index contributed by atoms with van der Waals surface area (Å²) in [6.07, 6.45) is 2.43. The molecule has 1 aromatic carbocycles. The number of nitrogens with zero attached hydrogens (tertiary/aromatic N) is 1. The molecule has 0 saturated heterocycles. The van der Waals surface area contributed by atoms with E-state index in [1.54, 1.807) is 0 Å². The number of hydrogen-bond acceptors (Lipinski definition) is 3. The summed E-state index contributed by atoms with van der Waals surface area (Å²) in [5.41, 5.74) is 7.15. The highest BCUT2D eigenvalue weighted by atomic mass is 16.3. The molecule has 3 N–H and O–H groups in total. The molecule has 1 amide bonds. The lowest BCUT2D eigenvalue weighted by Crippen LogP contribution is -2.44. The third kappa shape index (κ3) is 2.80. The fourth-order valence-electron chi connectivity index (χ4n) is 2.66. The second-order valence-corrected chi connectivity index (χ2v) is 5.87. The van der Waals surface area contributed by atoms with Crippen LogP contribution in [0.1, 0.15) is 38.7 Å². The molecule has 0 aliphatic heterocycles. The van der Waals surface area contributed by atoms with Crippen molar-refractivity contribution < 1.29 is 9.90 Å². The maximum atomic E-state index is 12.9. The first-order valence-electron chi connectivity index (χ1n) is 7.29. The number of rotatable bonds is 6. The van der Waals surface area contributed by atoms with Gasteiger partial charge in [-0.3, -0.25) is 4.79 Å². The number of benzene rings is 1. The van der Waals surface area contributed by atoms with Gasteiger partial charge < -0.3 is 15.7 Å². The number of carbonyl (C=O) groups excluding carboxylic acids is 1. The second kappa shape index (κ2) is 5.83. The molecule has 110 valence electrons. The summed E-state index contributed by atoms with van der Waals surface area (Å²) in [4.78, 5) is 14.8. The number of aliphatic hydroxyl groups excluding tert-OH is 1. The van der Waals surface area contributed by atoms with Gasteiger partial charge in [0.25, 0.3) is 0 Å². The van der Waals surface area contributed by atoms with E-state index in [1.165, 1.54) is 0 Å². The summed E-state index contributed by atoms with van der Waals surface area (Å²) in [5.74, 6) is 0.186. The third-order valence-electron chi connectivity index (χ3n) is 4.06. The molecule has 1 aliphatic rings. The molecular weight excluding hydrogens is 252 g/mol. The molecule has 0 radical (unpaired) electrons. The largest absolute Gasteiger partial charge is 0.399 e. The molecule has 0 aromatic heterocycles. The van der Waals surface area contributed by atoms with Crippen molar-refractivity contribution in [2.75, 3.05) is 18.9 Å². The molecule has 0 bridgehead atoms. The van der Waals surface area contributed by atoms with Crippen molar-refractivity contribution in [1.82, 2.24) is 4.90 Å². The van der Waals surface area contributed by atoms with Crippen molar-refractivity contribution in [1.29, 1.82) is 0 Å². The number of hydrogen-bond donors (Lipinski definition) is 2. The van der Waals surface area contributed by atoms with Gasteiger partial charge in [-0.2, -0.15) is 0 Å². The van der Waals surface area contributed by atoms with Gasteiger partial charge in [-0.15, -0.1) is 0 Å². The van der Waals surface area contributed by atoms with E-state index in [0.29, 0.717) is 13.0 Å². The molecule has 0 atom stereocenters. The smallest absolute Gasteiger partial charge is 0.233 e. The zero-order chi connectivity index (χ0) is 14.8. The van der Waals surface area contributed by atoms with Gasteiger partial charge >= 0.3 is 0 Å². The lowest BCUT2D eigenvalue weighted by Gasteiger charge is -2.31. The molecule has 0 spiro atoms. The Balaban J connectivity index is 2.19. The summed E-state index contributed by atoms with van der Waals surface area (Å²) in [6.45, 7) is 4.78. The Morgan fingerprint density at radius 3 is 2.40 bits per heavy atom. The van der Waals surface area contributed by atoms with E-state index in [4.69, 9.17) is 10.8 Å². The van der Waals surface area contributed by atoms with Gasteiger partial charge in [-0.1, -0.05) is 12.1 Å². The minimum absolute atomic E-state index is 0.116. The van der Waals surface area contributed by atoms with Gasteiger partial charge in [-0.25, -0.2) is 0 Å². The fraction of sp³-hybridized carbons (Fsp3) is 0.562. The number of nitrogen functional groups attached to an aromatic ring is 1. The van der Waals surface area contributed by atoms with Crippen LogP contribution >= 0.6 is 0 Å². The van der Waals surface area contributed by atoms with E-state index in [0.717, 1.165) is 24.1 Å². The van der Waals surface area contributed by atoms with Crippen molar-refractivity contribution in [3.05, 3.63) is 29.8 Å². The van der Waals surface area contributed by atoms with Crippen molar-refractivity contribution in [3.63, 3.8) is 0 Å². The van der Waals surface area contributed by atoms with Gasteiger partial charge in [0.1, 0.15) is 0 Å². The van der Waals surface area contributed by atoms with Crippen LogP contribution in [-0.4, -0.2) is 35.1 Å². The summed E-state index contributed by atoms with van der Waals surface area (Å²) in [6, 6.07) is 7.79. The highest BCUT2D eigenvalue weighted by Gasteiger charge is 2.53. The average Bonchev–Trinajstić information content (AvgIpc) is 3.21. The molecule has 2 rings (SSSR count). The lowest BCUT2D eigenvalue weighted by molar-refractivity contribution is -0.135. The van der Waals surface area contributed by atoms with Crippen LogP contribution in [0.2, 0.25) is 0 Å². The van der Waals surface area contributed by atoms with Gasteiger partial charge in [0, 0.05) is 24.9 Å². The Labute approximate surface area is 120 Å². The number of aliphatic hydroxyl groups is 1. The molecule has 20 heavy (non-hydrogen) atoms. The Morgan fingerprint density at radius 2 is 1.95 bits per heavy atom. The van der Waals surface area contributed by atoms with E-state index in [1.807, 2.05) is 43.0 Å². The first-order chi connectivity index (χ1) is 9.51. The molecule has 4 heteroatoms. The van der Waals surface area contributed by atoms with Crippen molar-refractivity contribution in [2.24, 2.45) is 0 Å². The van der Waals surface area contributed by atoms with Crippen LogP contribution in [0.3, 0.4) is 0 Å². The van der Waals surface area contributed by atoms with Crippen molar-refractivity contribution in [2.45, 2.75) is 44.6 Å². The van der Waals surface area contributed by atoms with Crippen molar-refractivity contribution in [3.8, 4) is 0 Å². The van der Waals surface area contributed by atoms with Crippen LogP contribution in [-0.2, 0) is 10.2 Å². The highest BCUT2D eigenvalue weighted by Crippen LogP contribution is 2.50. The van der Waals surface area contributed by atoms with Crippen LogP contribution in [0.25, 0.3) is 0 Å². The minimum Gasteiger partial charge on any atom is -0.399 e. The molecule has 1 aliphatic carbocycles. The molecule has 1 aromatic rings. The van der Waals surface area contributed by atoms with Crippen LogP contribution in [0.15, 0.2) is 24.3 Å². The summed E-state index contributed by atoms with van der Waals surface area (Å²) >= 11 is 0. The lowest BCUT2D eigenvalue weighted by atomic mass is 9.93. The van der Waals surface area contributed by atoms with E-state index in [2.05, 4.69) is 0 Å².